The monoisotopic (exact) mass is 457 g/mol. The summed E-state index contributed by atoms with van der Waals surface area (Å²) in [5, 5.41) is 3.29. The molecule has 2 N–H and O–H groups in total. The molecule has 0 saturated carbocycles. The standard InChI is InChI=1S/C18H12BrN2O2S.Ni/c1-2-8-7-20-15-10(8)5-11-16(17(15)23)21-14-4-9-3-12(19)13(22)6-18(9,11)24-14;/h3-4,7,14,20-21H,1-2,6H2;/q-1;. The first-order valence-corrected chi connectivity index (χ1v) is 9.99. The molecule has 1 spiro atoms. The SMILES string of the molecule is [CH2-]Cc1c[nH]c2c1[C](=[Ni])C1=C(NC3C=C4C=C(Br)C(=O)CC41S3)C2=O. The van der Waals surface area contributed by atoms with Gasteiger partial charge in [0.2, 0.25) is 0 Å². The summed E-state index contributed by atoms with van der Waals surface area (Å²) >= 11 is 10.5. The van der Waals surface area contributed by atoms with Gasteiger partial charge in [0.05, 0.1) is 0 Å². The van der Waals surface area contributed by atoms with E-state index in [2.05, 4.69) is 39.2 Å². The topological polar surface area (TPSA) is 62.0 Å². The average molecular weight is 459 g/mol. The number of H-pyrrole nitrogens is 1. The molecule has 0 saturated heterocycles. The first-order chi connectivity index (χ1) is 12.0. The van der Waals surface area contributed by atoms with Crippen LogP contribution in [-0.4, -0.2) is 31.2 Å². The second kappa shape index (κ2) is 5.18. The van der Waals surface area contributed by atoms with Crippen molar-refractivity contribution in [3.05, 3.63) is 63.4 Å². The Labute approximate surface area is 164 Å². The number of rotatable bonds is 1. The zero-order valence-electron chi connectivity index (χ0n) is 12.8. The van der Waals surface area contributed by atoms with Crippen molar-refractivity contribution in [1.82, 2.24) is 10.3 Å². The van der Waals surface area contributed by atoms with Gasteiger partial charge in [-0.05, 0) is 0 Å². The summed E-state index contributed by atoms with van der Waals surface area (Å²) in [6.07, 6.45) is 6.65. The molecule has 5 rings (SSSR count). The van der Waals surface area contributed by atoms with Gasteiger partial charge in [-0.25, -0.2) is 0 Å². The molecule has 2 atom stereocenters. The molecule has 2 unspecified atom stereocenters. The predicted molar refractivity (Wildman–Crippen MR) is 97.3 cm³/mol. The molecule has 25 heavy (non-hydrogen) atoms. The Morgan fingerprint density at radius 2 is 2.24 bits per heavy atom. The van der Waals surface area contributed by atoms with Gasteiger partial charge in [0.15, 0.2) is 0 Å². The maximum atomic E-state index is 13.1. The van der Waals surface area contributed by atoms with Crippen LogP contribution in [0.3, 0.4) is 0 Å². The number of nitrogens with one attached hydrogen (secondary N) is 2. The third-order valence-electron chi connectivity index (χ3n) is 5.12. The molecule has 0 fully saturated rings. The fourth-order valence-electron chi connectivity index (χ4n) is 4.00. The fourth-order valence-corrected chi connectivity index (χ4v) is 6.70. The van der Waals surface area contributed by atoms with E-state index in [4.69, 9.17) is 15.0 Å². The molecule has 1 aromatic rings. The van der Waals surface area contributed by atoms with Crippen molar-refractivity contribution in [2.45, 2.75) is 23.0 Å². The number of carbonyl (C=O) groups is 2. The van der Waals surface area contributed by atoms with E-state index in [0.717, 1.165) is 22.3 Å². The van der Waals surface area contributed by atoms with Crippen molar-refractivity contribution < 1.29 is 24.6 Å². The van der Waals surface area contributed by atoms with Crippen LogP contribution in [0.4, 0.5) is 0 Å². The zero-order valence-corrected chi connectivity index (χ0v) is 16.2. The maximum absolute atomic E-state index is 13.1. The Bertz CT molecular complexity index is 1000. The molecule has 2 bridgehead atoms. The van der Waals surface area contributed by atoms with Gasteiger partial charge in [0.1, 0.15) is 0 Å². The van der Waals surface area contributed by atoms with Gasteiger partial charge in [0.25, 0.3) is 0 Å². The minimum absolute atomic E-state index is 0.0308. The van der Waals surface area contributed by atoms with Gasteiger partial charge >= 0.3 is 165 Å². The summed E-state index contributed by atoms with van der Waals surface area (Å²) in [6, 6.07) is 0. The van der Waals surface area contributed by atoms with Crippen LogP contribution in [0.25, 0.3) is 0 Å². The summed E-state index contributed by atoms with van der Waals surface area (Å²) in [4.78, 5) is 28.6. The number of carbonyl (C=O) groups excluding carboxylic acids is 2. The molecule has 2 aliphatic carbocycles. The quantitative estimate of drug-likeness (QED) is 0.501. The molecule has 4 nitrogen and oxygen atoms in total. The first-order valence-electron chi connectivity index (χ1n) is 7.82. The average Bonchev–Trinajstić information content (AvgIpc) is 3.12. The van der Waals surface area contributed by atoms with E-state index < -0.39 is 4.75 Å². The normalized spacial score (nSPS) is 29.8. The molecule has 1 aromatic heterocycles. The molecule has 0 radical (unpaired) electrons. The number of Topliss-reactive ketones (excluding diaryl/α,β-unsaturated/α-hetero) is 2. The van der Waals surface area contributed by atoms with Crippen molar-refractivity contribution in [3.63, 3.8) is 0 Å². The molecule has 130 valence electrons. The summed E-state index contributed by atoms with van der Waals surface area (Å²) in [5.74, 6) is -0.0394. The Kier molecular flexibility index (Phi) is 3.32. The molecule has 2 aliphatic heterocycles. The van der Waals surface area contributed by atoms with E-state index in [1.54, 1.807) is 11.8 Å². The predicted octanol–water partition coefficient (Wildman–Crippen LogP) is 2.50. The van der Waals surface area contributed by atoms with Gasteiger partial charge in [-0.1, -0.05) is 0 Å². The Hall–Kier alpha value is -1.17. The molecular weight excluding hydrogens is 447 g/mol. The zero-order chi connectivity index (χ0) is 17.5. The first kappa shape index (κ1) is 16.0. The van der Waals surface area contributed by atoms with Crippen LogP contribution in [-0.2, 0) is 26.2 Å². The molecule has 7 heteroatoms. The number of allylic oxidation sites excluding steroid dienone is 3. The minimum atomic E-state index is -0.559. The Balaban J connectivity index is 1.77. The van der Waals surface area contributed by atoms with Crippen LogP contribution in [0.1, 0.15) is 28.0 Å². The molecule has 0 aromatic carbocycles. The van der Waals surface area contributed by atoms with Crippen molar-refractivity contribution in [2.24, 2.45) is 0 Å². The summed E-state index contributed by atoms with van der Waals surface area (Å²) in [5.41, 5.74) is 4.66. The van der Waals surface area contributed by atoms with E-state index in [1.807, 2.05) is 12.3 Å². The number of aromatic nitrogens is 1. The molecule has 4 aliphatic rings. The molecule has 0 amide bonds. The van der Waals surface area contributed by atoms with Gasteiger partial charge in [-0.15, -0.1) is 0 Å². The van der Waals surface area contributed by atoms with E-state index in [0.29, 0.717) is 33.2 Å². The van der Waals surface area contributed by atoms with Gasteiger partial charge < -0.3 is 0 Å². The van der Waals surface area contributed by atoms with Crippen molar-refractivity contribution in [3.8, 4) is 0 Å². The van der Waals surface area contributed by atoms with Gasteiger partial charge in [-0.3, -0.25) is 0 Å². The number of fused-ring (bicyclic) bond motifs is 2. The fraction of sp³-hybridized carbons (Fsp3) is 0.222. The number of thioether (sulfide) groups is 1. The van der Waals surface area contributed by atoms with Crippen molar-refractivity contribution >= 4 is 43.7 Å². The molecule has 3 heterocycles. The molecular formula is C18H12BrN2NiO2S-. The number of hydrogen-bond donors (Lipinski definition) is 2. The van der Waals surface area contributed by atoms with Crippen LogP contribution in [0.2, 0.25) is 0 Å². The third kappa shape index (κ3) is 1.92. The van der Waals surface area contributed by atoms with Crippen molar-refractivity contribution in [1.29, 1.82) is 0 Å². The van der Waals surface area contributed by atoms with Crippen molar-refractivity contribution in [2.75, 3.05) is 0 Å². The van der Waals surface area contributed by atoms with Crippen LogP contribution in [0.15, 0.2) is 39.7 Å². The van der Waals surface area contributed by atoms with E-state index in [-0.39, 0.29) is 16.9 Å². The summed E-state index contributed by atoms with van der Waals surface area (Å²) < 4.78 is 0.711. The van der Waals surface area contributed by atoms with Crippen LogP contribution in [0, 0.1) is 6.92 Å². The number of hydrogen-bond acceptors (Lipinski definition) is 4. The number of aromatic amines is 1. The van der Waals surface area contributed by atoms with Crippen LogP contribution in [0.5, 0.6) is 0 Å². The second-order valence-corrected chi connectivity index (χ2v) is 9.19. The Morgan fingerprint density at radius 1 is 1.44 bits per heavy atom. The Morgan fingerprint density at radius 3 is 3.00 bits per heavy atom. The van der Waals surface area contributed by atoms with Gasteiger partial charge in [-0.2, -0.15) is 0 Å². The van der Waals surface area contributed by atoms with E-state index in [1.165, 1.54) is 0 Å². The second-order valence-electron chi connectivity index (χ2n) is 6.40. The van der Waals surface area contributed by atoms with E-state index in [9.17, 15) is 9.59 Å². The van der Waals surface area contributed by atoms with Gasteiger partial charge in [0, 0.05) is 0 Å². The van der Waals surface area contributed by atoms with E-state index >= 15 is 0 Å². The third-order valence-corrected chi connectivity index (χ3v) is 7.78. The number of halogens is 1. The van der Waals surface area contributed by atoms with Crippen LogP contribution < -0.4 is 5.32 Å². The summed E-state index contributed by atoms with van der Waals surface area (Å²) in [7, 11) is 0. The summed E-state index contributed by atoms with van der Waals surface area (Å²) in [6.45, 7) is 3.94. The van der Waals surface area contributed by atoms with Crippen LogP contribution >= 0.6 is 27.7 Å². The number of ketones is 2.